The maximum absolute atomic E-state index is 11.6. The zero-order valence-corrected chi connectivity index (χ0v) is 16.2. The number of amides is 2. The maximum atomic E-state index is 11.6. The summed E-state index contributed by atoms with van der Waals surface area (Å²) in [6.07, 6.45) is 2.10. The minimum atomic E-state index is -0.844. The summed E-state index contributed by atoms with van der Waals surface area (Å²) in [5.74, 6) is -1.06. The number of hydrazone groups is 1. The van der Waals surface area contributed by atoms with E-state index in [0.717, 1.165) is 12.0 Å². The van der Waals surface area contributed by atoms with Crippen molar-refractivity contribution in [1.29, 1.82) is 0 Å². The van der Waals surface area contributed by atoms with Gasteiger partial charge in [0.1, 0.15) is 12.4 Å². The number of carbonyl (C=O) groups excluding carboxylic acids is 2. The molecule has 0 spiro atoms. The van der Waals surface area contributed by atoms with Gasteiger partial charge in [-0.1, -0.05) is 42.3 Å². The molecule has 0 fully saturated rings. The number of rotatable bonds is 7. The normalized spacial score (nSPS) is 10.6. The van der Waals surface area contributed by atoms with Crippen LogP contribution in [0.2, 0.25) is 10.0 Å². The smallest absolute Gasteiger partial charge is 0.329 e. The lowest BCUT2D eigenvalue weighted by Gasteiger charge is -2.10. The Bertz CT molecular complexity index is 841. The van der Waals surface area contributed by atoms with E-state index in [1.54, 1.807) is 30.3 Å². The Hall–Kier alpha value is -2.57. The molecule has 0 heterocycles. The third-order valence-corrected chi connectivity index (χ3v) is 3.84. The number of ether oxygens (including phenoxy) is 1. The summed E-state index contributed by atoms with van der Waals surface area (Å²) in [4.78, 5) is 23.1. The first kappa shape index (κ1) is 20.7. The highest BCUT2D eigenvalue weighted by atomic mass is 35.5. The summed E-state index contributed by atoms with van der Waals surface area (Å²) in [5, 5.41) is 7.37. The summed E-state index contributed by atoms with van der Waals surface area (Å²) >= 11 is 12.0. The van der Waals surface area contributed by atoms with Crippen molar-refractivity contribution < 1.29 is 14.3 Å². The molecule has 0 aliphatic heterocycles. The molecule has 142 valence electrons. The Morgan fingerprint density at radius 3 is 2.63 bits per heavy atom. The molecule has 0 saturated carbocycles. The molecule has 0 atom stereocenters. The lowest BCUT2D eigenvalue weighted by molar-refractivity contribution is -0.139. The summed E-state index contributed by atoms with van der Waals surface area (Å²) in [6.45, 7) is 2.61. The average Bonchev–Trinajstić information content (AvgIpc) is 2.65. The minimum absolute atomic E-state index is 0.300. The molecule has 0 radical (unpaired) electrons. The van der Waals surface area contributed by atoms with Gasteiger partial charge in [-0.15, -0.1) is 0 Å². The van der Waals surface area contributed by atoms with E-state index in [1.165, 1.54) is 6.21 Å². The number of carbonyl (C=O) groups is 2. The van der Waals surface area contributed by atoms with Crippen LogP contribution in [0.3, 0.4) is 0 Å². The fourth-order valence-electron chi connectivity index (χ4n) is 2.07. The van der Waals surface area contributed by atoms with Crippen molar-refractivity contribution in [2.24, 2.45) is 5.10 Å². The van der Waals surface area contributed by atoms with E-state index in [4.69, 9.17) is 27.9 Å². The summed E-state index contributed by atoms with van der Waals surface area (Å²) < 4.78 is 5.79. The molecule has 8 heteroatoms. The molecule has 2 amide bonds. The highest BCUT2D eigenvalue weighted by Crippen LogP contribution is 2.23. The Morgan fingerprint density at radius 2 is 1.89 bits per heavy atom. The van der Waals surface area contributed by atoms with Crippen LogP contribution >= 0.6 is 23.2 Å². The van der Waals surface area contributed by atoms with Crippen LogP contribution in [0.1, 0.15) is 24.5 Å². The van der Waals surface area contributed by atoms with E-state index in [0.29, 0.717) is 34.5 Å². The van der Waals surface area contributed by atoms with Crippen molar-refractivity contribution >= 4 is 41.2 Å². The predicted molar refractivity (Wildman–Crippen MR) is 106 cm³/mol. The fraction of sp³-hybridized carbons (Fsp3) is 0.211. The zero-order chi connectivity index (χ0) is 19.6. The van der Waals surface area contributed by atoms with Crippen LogP contribution in [-0.4, -0.2) is 24.6 Å². The van der Waals surface area contributed by atoms with Gasteiger partial charge in [-0.25, -0.2) is 5.43 Å². The van der Waals surface area contributed by atoms with Crippen LogP contribution in [0.25, 0.3) is 0 Å². The first-order valence-electron chi connectivity index (χ1n) is 8.27. The number of benzene rings is 2. The second kappa shape index (κ2) is 10.5. The lowest BCUT2D eigenvalue weighted by Crippen LogP contribution is -2.38. The van der Waals surface area contributed by atoms with Crippen molar-refractivity contribution in [2.45, 2.75) is 20.0 Å². The maximum Gasteiger partial charge on any atom is 0.329 e. The molecule has 2 rings (SSSR count). The van der Waals surface area contributed by atoms with Crippen LogP contribution in [0.5, 0.6) is 5.75 Å². The van der Waals surface area contributed by atoms with Gasteiger partial charge in [0.2, 0.25) is 0 Å². The van der Waals surface area contributed by atoms with E-state index in [9.17, 15) is 9.59 Å². The molecule has 0 aliphatic carbocycles. The Labute approximate surface area is 167 Å². The number of hydrogen-bond acceptors (Lipinski definition) is 4. The molecular weight excluding hydrogens is 389 g/mol. The Morgan fingerprint density at radius 1 is 1.11 bits per heavy atom. The van der Waals surface area contributed by atoms with E-state index in [-0.39, 0.29) is 0 Å². The van der Waals surface area contributed by atoms with Crippen molar-refractivity contribution in [3.63, 3.8) is 0 Å². The number of nitrogens with one attached hydrogen (secondary N) is 2. The van der Waals surface area contributed by atoms with Gasteiger partial charge in [0.25, 0.3) is 0 Å². The SMILES string of the molecule is CCCNC(=O)C(=O)N/N=C\c1cc(Cl)ccc1OCc1cccc(Cl)c1. The molecule has 0 unspecified atom stereocenters. The first-order valence-corrected chi connectivity index (χ1v) is 9.03. The third-order valence-electron chi connectivity index (χ3n) is 3.37. The molecule has 2 aromatic carbocycles. The summed E-state index contributed by atoms with van der Waals surface area (Å²) in [6, 6.07) is 12.3. The molecule has 0 aliphatic rings. The molecule has 2 aromatic rings. The second-order valence-electron chi connectivity index (χ2n) is 5.56. The van der Waals surface area contributed by atoms with Crippen LogP contribution in [0, 0.1) is 0 Å². The average molecular weight is 408 g/mol. The van der Waals surface area contributed by atoms with Crippen LogP contribution in [0.15, 0.2) is 47.6 Å². The lowest BCUT2D eigenvalue weighted by atomic mass is 10.2. The fourth-order valence-corrected chi connectivity index (χ4v) is 2.46. The van der Waals surface area contributed by atoms with E-state index >= 15 is 0 Å². The van der Waals surface area contributed by atoms with Crippen molar-refractivity contribution in [1.82, 2.24) is 10.7 Å². The molecule has 2 N–H and O–H groups in total. The van der Waals surface area contributed by atoms with E-state index in [2.05, 4.69) is 15.8 Å². The second-order valence-corrected chi connectivity index (χ2v) is 6.43. The standard InChI is InChI=1S/C19H19Cl2N3O3/c1-2-8-22-18(25)19(26)24-23-11-14-10-16(21)6-7-17(14)27-12-13-4-3-5-15(20)9-13/h3-7,9-11H,2,8,12H2,1H3,(H,22,25)(H,24,26)/b23-11-. The van der Waals surface area contributed by atoms with Crippen molar-refractivity contribution in [3.05, 3.63) is 63.6 Å². The molecule has 27 heavy (non-hydrogen) atoms. The summed E-state index contributed by atoms with van der Waals surface area (Å²) in [5.41, 5.74) is 3.63. The monoisotopic (exact) mass is 407 g/mol. The highest BCUT2D eigenvalue weighted by Gasteiger charge is 2.11. The van der Waals surface area contributed by atoms with Gasteiger partial charge in [-0.2, -0.15) is 5.10 Å². The predicted octanol–water partition coefficient (Wildman–Crippen LogP) is 3.55. The zero-order valence-electron chi connectivity index (χ0n) is 14.7. The van der Waals surface area contributed by atoms with Crippen LogP contribution in [-0.2, 0) is 16.2 Å². The van der Waals surface area contributed by atoms with Gasteiger partial charge in [-0.3, -0.25) is 9.59 Å². The van der Waals surface area contributed by atoms with Gasteiger partial charge >= 0.3 is 11.8 Å². The van der Waals surface area contributed by atoms with Gasteiger partial charge in [0, 0.05) is 22.2 Å². The van der Waals surface area contributed by atoms with Crippen LogP contribution < -0.4 is 15.5 Å². The van der Waals surface area contributed by atoms with Gasteiger partial charge < -0.3 is 10.1 Å². The van der Waals surface area contributed by atoms with Crippen molar-refractivity contribution in [3.8, 4) is 5.75 Å². The Kier molecular flexibility index (Phi) is 8.10. The van der Waals surface area contributed by atoms with Crippen molar-refractivity contribution in [2.75, 3.05) is 6.54 Å². The van der Waals surface area contributed by atoms with Gasteiger partial charge in [0.15, 0.2) is 0 Å². The molecule has 0 bridgehead atoms. The van der Waals surface area contributed by atoms with E-state index < -0.39 is 11.8 Å². The quantitative estimate of drug-likeness (QED) is 0.418. The minimum Gasteiger partial charge on any atom is -0.488 e. The number of hydrogen-bond donors (Lipinski definition) is 2. The third kappa shape index (κ3) is 6.92. The first-order chi connectivity index (χ1) is 13.0. The topological polar surface area (TPSA) is 79.8 Å². The molecule has 0 aromatic heterocycles. The Balaban J connectivity index is 2.02. The molecule has 0 saturated heterocycles. The van der Waals surface area contributed by atoms with Gasteiger partial charge in [-0.05, 0) is 42.3 Å². The van der Waals surface area contributed by atoms with E-state index in [1.807, 2.05) is 19.1 Å². The largest absolute Gasteiger partial charge is 0.488 e. The summed E-state index contributed by atoms with van der Waals surface area (Å²) in [7, 11) is 0. The van der Waals surface area contributed by atoms with Crippen LogP contribution in [0.4, 0.5) is 0 Å². The highest BCUT2D eigenvalue weighted by molar-refractivity contribution is 6.35. The number of nitrogens with zero attached hydrogens (tertiary/aromatic N) is 1. The number of halogens is 2. The molecule has 6 nitrogen and oxygen atoms in total. The van der Waals surface area contributed by atoms with Gasteiger partial charge in [0.05, 0.1) is 6.21 Å². The molecular formula is C19H19Cl2N3O3.